The molecule has 8 nitrogen and oxygen atoms in total. The third-order valence-electron chi connectivity index (χ3n) is 5.88. The van der Waals surface area contributed by atoms with Gasteiger partial charge in [-0.15, -0.1) is 0 Å². The zero-order valence-electron chi connectivity index (χ0n) is 16.1. The van der Waals surface area contributed by atoms with Gasteiger partial charge in [0, 0.05) is 12.1 Å². The van der Waals surface area contributed by atoms with Gasteiger partial charge in [0.15, 0.2) is 0 Å². The first-order valence-electron chi connectivity index (χ1n) is 10.0. The van der Waals surface area contributed by atoms with Crippen molar-refractivity contribution >= 4 is 21.4 Å². The molecule has 0 bridgehead atoms. The maximum absolute atomic E-state index is 12.7. The lowest BCUT2D eigenvalue weighted by molar-refractivity contribution is -0.384. The van der Waals surface area contributed by atoms with Crippen molar-refractivity contribution in [2.75, 3.05) is 5.32 Å². The Kier molecular flexibility index (Phi) is 6.57. The van der Waals surface area contributed by atoms with Gasteiger partial charge < -0.3 is 10.4 Å². The molecule has 0 aliphatic heterocycles. The van der Waals surface area contributed by atoms with Crippen molar-refractivity contribution in [3.05, 3.63) is 28.3 Å². The fourth-order valence-corrected chi connectivity index (χ4v) is 5.42. The molecule has 0 saturated heterocycles. The number of benzene rings is 1. The Hall–Kier alpha value is -1.71. The van der Waals surface area contributed by atoms with E-state index < -0.39 is 21.1 Å². The third kappa shape index (κ3) is 5.01. The van der Waals surface area contributed by atoms with E-state index in [-0.39, 0.29) is 28.4 Å². The first-order chi connectivity index (χ1) is 13.3. The highest BCUT2D eigenvalue weighted by Crippen LogP contribution is 2.31. The van der Waals surface area contributed by atoms with E-state index >= 15 is 0 Å². The van der Waals surface area contributed by atoms with Crippen molar-refractivity contribution in [2.45, 2.75) is 81.4 Å². The van der Waals surface area contributed by atoms with Gasteiger partial charge in [0.25, 0.3) is 5.69 Å². The second-order valence-electron chi connectivity index (χ2n) is 8.12. The summed E-state index contributed by atoms with van der Waals surface area (Å²) in [5.41, 5.74) is -0.0562. The number of aliphatic hydroxyl groups excluding tert-OH is 1. The molecule has 2 atom stereocenters. The van der Waals surface area contributed by atoms with Crippen molar-refractivity contribution in [3.8, 4) is 0 Å². The van der Waals surface area contributed by atoms with Gasteiger partial charge in [-0.1, -0.05) is 19.8 Å². The minimum Gasteiger partial charge on any atom is -0.391 e. The molecule has 2 fully saturated rings. The minimum atomic E-state index is -3.83. The van der Waals surface area contributed by atoms with Crippen molar-refractivity contribution in [1.29, 1.82) is 0 Å². The summed E-state index contributed by atoms with van der Waals surface area (Å²) in [6.45, 7) is 2.16. The number of nitro benzene ring substituents is 1. The van der Waals surface area contributed by atoms with Crippen LogP contribution in [0.2, 0.25) is 0 Å². The van der Waals surface area contributed by atoms with Gasteiger partial charge in [0.1, 0.15) is 5.69 Å². The lowest BCUT2D eigenvalue weighted by atomic mass is 9.88. The van der Waals surface area contributed by atoms with E-state index in [1.807, 2.05) is 0 Å². The maximum atomic E-state index is 12.7. The minimum absolute atomic E-state index is 0.104. The molecule has 3 N–H and O–H groups in total. The van der Waals surface area contributed by atoms with Crippen LogP contribution in [0.4, 0.5) is 11.4 Å². The number of hydrogen-bond acceptors (Lipinski definition) is 6. The van der Waals surface area contributed by atoms with Crippen LogP contribution in [-0.4, -0.2) is 36.6 Å². The molecule has 9 heteroatoms. The van der Waals surface area contributed by atoms with Gasteiger partial charge in [-0.3, -0.25) is 10.1 Å². The molecule has 0 heterocycles. The Morgan fingerprint density at radius 1 is 1.11 bits per heavy atom. The van der Waals surface area contributed by atoms with Crippen molar-refractivity contribution in [1.82, 2.24) is 4.72 Å². The second-order valence-corrected chi connectivity index (χ2v) is 9.83. The maximum Gasteiger partial charge on any atom is 0.293 e. The summed E-state index contributed by atoms with van der Waals surface area (Å²) in [4.78, 5) is 10.8. The number of anilines is 1. The molecule has 2 saturated carbocycles. The number of rotatable bonds is 6. The third-order valence-corrected chi connectivity index (χ3v) is 7.40. The summed E-state index contributed by atoms with van der Waals surface area (Å²) < 4.78 is 28.1. The number of sulfonamides is 1. The molecule has 0 aromatic heterocycles. The summed E-state index contributed by atoms with van der Waals surface area (Å²) in [6.07, 6.45) is 6.20. The number of nitrogens with zero attached hydrogens (tertiary/aromatic N) is 1. The Bertz CT molecular complexity index is 806. The van der Waals surface area contributed by atoms with Crippen LogP contribution >= 0.6 is 0 Å². The normalized spacial score (nSPS) is 28.6. The van der Waals surface area contributed by atoms with Crippen molar-refractivity contribution in [3.63, 3.8) is 0 Å². The average Bonchev–Trinajstić information content (AvgIpc) is 2.65. The van der Waals surface area contributed by atoms with Crippen LogP contribution in [0.15, 0.2) is 23.1 Å². The quantitative estimate of drug-likeness (QED) is 0.488. The van der Waals surface area contributed by atoms with E-state index in [1.165, 1.54) is 12.1 Å². The van der Waals surface area contributed by atoms with Gasteiger partial charge in [-0.2, -0.15) is 0 Å². The van der Waals surface area contributed by atoms with Crippen molar-refractivity contribution in [2.24, 2.45) is 5.92 Å². The first kappa shape index (κ1) is 21.0. The van der Waals surface area contributed by atoms with E-state index in [2.05, 4.69) is 17.0 Å². The molecule has 0 amide bonds. The van der Waals surface area contributed by atoms with Gasteiger partial charge >= 0.3 is 0 Å². The highest BCUT2D eigenvalue weighted by molar-refractivity contribution is 7.89. The molecule has 2 aliphatic carbocycles. The van der Waals surface area contributed by atoms with E-state index in [4.69, 9.17) is 0 Å². The Labute approximate surface area is 165 Å². The fourth-order valence-electron chi connectivity index (χ4n) is 4.10. The first-order valence-corrected chi connectivity index (χ1v) is 11.5. The summed E-state index contributed by atoms with van der Waals surface area (Å²) in [7, 11) is -3.83. The van der Waals surface area contributed by atoms with Crippen LogP contribution in [0.1, 0.15) is 58.3 Å². The lowest BCUT2D eigenvalue weighted by Crippen LogP contribution is -2.37. The highest BCUT2D eigenvalue weighted by atomic mass is 32.2. The molecule has 1 aromatic carbocycles. The van der Waals surface area contributed by atoms with E-state index in [0.717, 1.165) is 51.0 Å². The van der Waals surface area contributed by atoms with E-state index in [0.29, 0.717) is 12.3 Å². The Balaban J connectivity index is 1.78. The SMILES string of the molecule is CC1CCC(NS(=O)(=O)c2ccc(NC3CCCCC3O)c([N+](=O)[O-])c2)CC1. The van der Waals surface area contributed by atoms with Crippen LogP contribution < -0.4 is 10.0 Å². The molecule has 0 radical (unpaired) electrons. The van der Waals surface area contributed by atoms with Crippen LogP contribution in [-0.2, 0) is 10.0 Å². The Morgan fingerprint density at radius 3 is 2.43 bits per heavy atom. The predicted octanol–water partition coefficient (Wildman–Crippen LogP) is 3.17. The summed E-state index contributed by atoms with van der Waals surface area (Å²) in [5.74, 6) is 0.599. The number of hydrogen-bond donors (Lipinski definition) is 3. The van der Waals surface area contributed by atoms with E-state index in [1.54, 1.807) is 0 Å². The molecular weight excluding hydrogens is 382 g/mol. The topological polar surface area (TPSA) is 122 Å². The van der Waals surface area contributed by atoms with Gasteiger partial charge in [-0.05, 0) is 56.6 Å². The number of nitrogens with one attached hydrogen (secondary N) is 2. The van der Waals surface area contributed by atoms with Crippen LogP contribution in [0, 0.1) is 16.0 Å². The Morgan fingerprint density at radius 2 is 1.79 bits per heavy atom. The molecule has 3 rings (SSSR count). The molecule has 156 valence electrons. The molecule has 1 aromatic rings. The van der Waals surface area contributed by atoms with Gasteiger partial charge in [-0.25, -0.2) is 13.1 Å². The molecule has 2 unspecified atom stereocenters. The standard InChI is InChI=1S/C19H29N3O5S/c1-13-6-8-14(9-7-13)21-28(26,27)15-10-11-16(18(12-15)22(24)25)20-17-4-2-3-5-19(17)23/h10-14,17,19-21,23H,2-9H2,1H3. The monoisotopic (exact) mass is 411 g/mol. The summed E-state index contributed by atoms with van der Waals surface area (Å²) in [5, 5.41) is 24.7. The van der Waals surface area contributed by atoms with Crippen LogP contribution in [0.25, 0.3) is 0 Å². The molecule has 28 heavy (non-hydrogen) atoms. The largest absolute Gasteiger partial charge is 0.391 e. The number of aliphatic hydroxyl groups is 1. The van der Waals surface area contributed by atoms with Crippen LogP contribution in [0.3, 0.4) is 0 Å². The zero-order chi connectivity index (χ0) is 20.3. The highest BCUT2D eigenvalue weighted by Gasteiger charge is 2.29. The van der Waals surface area contributed by atoms with Gasteiger partial charge in [0.2, 0.25) is 10.0 Å². The smallest absolute Gasteiger partial charge is 0.293 e. The fraction of sp³-hybridized carbons (Fsp3) is 0.684. The van der Waals surface area contributed by atoms with Crippen molar-refractivity contribution < 1.29 is 18.4 Å². The predicted molar refractivity (Wildman–Crippen MR) is 107 cm³/mol. The van der Waals surface area contributed by atoms with Gasteiger partial charge in [0.05, 0.1) is 22.0 Å². The molecular formula is C19H29N3O5S. The van der Waals surface area contributed by atoms with E-state index in [9.17, 15) is 23.6 Å². The van der Waals surface area contributed by atoms with Crippen LogP contribution in [0.5, 0.6) is 0 Å². The summed E-state index contributed by atoms with van der Waals surface area (Å²) in [6, 6.07) is 3.52. The number of nitro groups is 1. The molecule has 0 spiro atoms. The zero-order valence-corrected chi connectivity index (χ0v) is 17.0. The summed E-state index contributed by atoms with van der Waals surface area (Å²) >= 11 is 0. The lowest BCUT2D eigenvalue weighted by Gasteiger charge is -2.29. The second kappa shape index (κ2) is 8.75. The molecule has 2 aliphatic rings. The average molecular weight is 412 g/mol.